The molecule has 97 heavy (non-hydrogen) atoms. The molecule has 1 aliphatic carbocycles. The molecule has 3 heterocycles. The Kier molecular flexibility index (Phi) is 24.9. The number of amides is 2. The molecule has 3 aliphatic heterocycles. The standard InChI is InChI=1S/C24H28N2O3.C23H28ClNO3.C23H26N2O.C12H10BrCl/c1-16-7-8-17-14-18(9-10-21(17)20(16)11-12-25)22(27)19-6-5-13-26(15-19)23(28)29-24(2,3)4;1-15-7-8-16-12-17(9-10-19(16)20(15)13-24)21(26)18-6-5-11-25(14-18)22(27)28-23(2,3)4;1-16-7-8-17-14-18(9-10-22(17)21(16)11-12-24)23(26)19-4-3-13-25(15-19)20-5-2-6-20;1-8-2-3-9-6-10(13)4-5-11(9)12(8)7-14/h7-10,14,19H,5-6,11,13,15H2,1-4H3;7-10,12,18H,5-6,11,13-14H2,1-4H3;7-10,14,19-20H,2-6,11,13,15H2,1H3;2-6H,7H2,1H3. The number of halogens is 3. The second kappa shape index (κ2) is 32.8. The summed E-state index contributed by atoms with van der Waals surface area (Å²) in [5, 5.41) is 27.0. The smallest absolute Gasteiger partial charge is 0.410 e. The Hall–Kier alpha value is -7.65. The molecule has 0 bridgehead atoms. The van der Waals surface area contributed by atoms with Gasteiger partial charge in [-0.3, -0.25) is 19.3 Å². The van der Waals surface area contributed by atoms with Crippen LogP contribution in [-0.4, -0.2) is 101 Å². The third-order valence-electron chi connectivity index (χ3n) is 19.4. The molecule has 2 amide bonds. The highest BCUT2D eigenvalue weighted by Gasteiger charge is 2.35. The van der Waals surface area contributed by atoms with E-state index in [-0.39, 0.29) is 41.5 Å². The number of ether oxygens (including phenoxy) is 2. The molecule has 0 aromatic heterocycles. The van der Waals surface area contributed by atoms with Gasteiger partial charge in [-0.2, -0.15) is 10.5 Å². The number of carbonyl (C=O) groups excluding carboxylic acids is 5. The van der Waals surface area contributed by atoms with E-state index in [2.05, 4.69) is 82.4 Å². The number of carbonyl (C=O) groups is 5. The molecular formula is C82H92BrCl2N5O7. The SMILES string of the molecule is Cc1ccc2cc(Br)ccc2c1CCl.Cc1ccc2cc(C(=O)C3CCCN(C(=O)OC(C)(C)C)C3)ccc2c1CC#N.Cc1ccc2cc(C(=O)C3CCCN(C(=O)OC(C)(C)C)C3)ccc2c1CCl.Cc1ccc2cc(C(=O)C3CCCN(C4CCC4)C3)ccc2c1CC#N. The second-order valence-corrected chi connectivity index (χ2v) is 30.0. The minimum atomic E-state index is -0.550. The molecule has 8 aromatic rings. The number of Topliss-reactive ketones (excluding diaryl/α,β-unsaturated/α-hetero) is 3. The molecule has 0 N–H and O–H groups in total. The van der Waals surface area contributed by atoms with Crippen molar-refractivity contribution < 1.29 is 33.4 Å². The maximum absolute atomic E-state index is 13.1. The summed E-state index contributed by atoms with van der Waals surface area (Å²) in [5.41, 5.74) is 10.1. The summed E-state index contributed by atoms with van der Waals surface area (Å²) in [4.78, 5) is 70.0. The monoisotopic (exact) mass is 1410 g/mol. The number of fused-ring (bicyclic) bond motifs is 4. The molecule has 3 saturated heterocycles. The van der Waals surface area contributed by atoms with E-state index in [1.807, 2.05) is 141 Å². The summed E-state index contributed by atoms with van der Waals surface area (Å²) in [6.07, 6.45) is 9.30. The van der Waals surface area contributed by atoms with Gasteiger partial charge in [-0.15, -0.1) is 23.2 Å². The van der Waals surface area contributed by atoms with E-state index in [4.69, 9.17) is 43.2 Å². The highest BCUT2D eigenvalue weighted by atomic mass is 79.9. The van der Waals surface area contributed by atoms with Crippen LogP contribution in [0.5, 0.6) is 0 Å². The largest absolute Gasteiger partial charge is 0.444 e. The number of likely N-dealkylation sites (tertiary alicyclic amines) is 3. The minimum absolute atomic E-state index is 0.0579. The number of alkyl halides is 2. The van der Waals surface area contributed by atoms with E-state index in [9.17, 15) is 24.0 Å². The van der Waals surface area contributed by atoms with Gasteiger partial charge in [-0.25, -0.2) is 9.59 Å². The lowest BCUT2D eigenvalue weighted by Crippen LogP contribution is -2.47. The number of hydrogen-bond acceptors (Lipinski definition) is 10. The van der Waals surface area contributed by atoms with Crippen LogP contribution in [0.3, 0.4) is 0 Å². The second-order valence-electron chi connectivity index (χ2n) is 28.6. The van der Waals surface area contributed by atoms with Crippen molar-refractivity contribution in [1.82, 2.24) is 14.7 Å². The molecule has 12 nitrogen and oxygen atoms in total. The van der Waals surface area contributed by atoms with Gasteiger partial charge in [-0.1, -0.05) is 113 Å². The van der Waals surface area contributed by atoms with Crippen LogP contribution in [0.1, 0.15) is 175 Å². The number of rotatable bonds is 11. The van der Waals surface area contributed by atoms with Crippen LogP contribution < -0.4 is 0 Å². The predicted octanol–water partition coefficient (Wildman–Crippen LogP) is 20.1. The van der Waals surface area contributed by atoms with Crippen molar-refractivity contribution in [2.45, 2.75) is 169 Å². The molecular weight excluding hydrogens is 1320 g/mol. The summed E-state index contributed by atoms with van der Waals surface area (Å²) < 4.78 is 12.0. The Labute approximate surface area is 591 Å². The molecule has 4 aliphatic rings. The lowest BCUT2D eigenvalue weighted by atomic mass is 9.84. The van der Waals surface area contributed by atoms with Crippen LogP contribution in [0.4, 0.5) is 9.59 Å². The van der Waals surface area contributed by atoms with Gasteiger partial charge in [0, 0.05) is 89.4 Å². The molecule has 8 aromatic carbocycles. The van der Waals surface area contributed by atoms with Crippen LogP contribution in [-0.2, 0) is 34.1 Å². The van der Waals surface area contributed by atoms with E-state index in [0.717, 1.165) is 133 Å². The molecule has 3 atom stereocenters. The summed E-state index contributed by atoms with van der Waals surface area (Å²) in [6.45, 7) is 23.4. The van der Waals surface area contributed by atoms with Crippen molar-refractivity contribution >= 4 is 112 Å². The molecule has 3 unspecified atom stereocenters. The van der Waals surface area contributed by atoms with E-state index in [1.54, 1.807) is 9.80 Å². The minimum Gasteiger partial charge on any atom is -0.444 e. The van der Waals surface area contributed by atoms with Gasteiger partial charge in [0.25, 0.3) is 0 Å². The van der Waals surface area contributed by atoms with Gasteiger partial charge in [0.1, 0.15) is 11.2 Å². The normalized spacial score (nSPS) is 17.5. The van der Waals surface area contributed by atoms with Crippen molar-refractivity contribution in [1.29, 1.82) is 10.5 Å². The number of nitriles is 2. The van der Waals surface area contributed by atoms with Crippen molar-refractivity contribution in [2.75, 3.05) is 39.3 Å². The van der Waals surface area contributed by atoms with Crippen molar-refractivity contribution in [2.24, 2.45) is 17.8 Å². The molecule has 1 saturated carbocycles. The van der Waals surface area contributed by atoms with Gasteiger partial charge in [-0.05, 0) is 245 Å². The summed E-state index contributed by atoms with van der Waals surface area (Å²) >= 11 is 15.5. The van der Waals surface area contributed by atoms with E-state index in [0.29, 0.717) is 67.7 Å². The lowest BCUT2D eigenvalue weighted by molar-refractivity contribution is 0.0159. The zero-order valence-electron chi connectivity index (χ0n) is 58.0. The Morgan fingerprint density at radius 1 is 0.454 bits per heavy atom. The first kappa shape index (κ1) is 73.6. The van der Waals surface area contributed by atoms with E-state index >= 15 is 0 Å². The Balaban J connectivity index is 0.000000155. The fraction of sp³-hybridized carbons (Fsp3) is 0.427. The molecule has 508 valence electrons. The number of piperidine rings is 3. The van der Waals surface area contributed by atoms with Gasteiger partial charge >= 0.3 is 12.2 Å². The number of nitrogens with zero attached hydrogens (tertiary/aromatic N) is 5. The molecule has 12 rings (SSSR count). The number of ketones is 3. The number of aryl methyl sites for hydroxylation is 4. The van der Waals surface area contributed by atoms with Crippen LogP contribution >= 0.6 is 39.1 Å². The first-order chi connectivity index (χ1) is 46.3. The first-order valence-corrected chi connectivity index (χ1v) is 36.1. The van der Waals surface area contributed by atoms with Crippen LogP contribution in [0.25, 0.3) is 43.1 Å². The molecule has 15 heteroatoms. The van der Waals surface area contributed by atoms with Crippen LogP contribution in [0.15, 0.2) is 126 Å². The third-order valence-corrected chi connectivity index (χ3v) is 20.4. The zero-order chi connectivity index (χ0) is 69.9. The Morgan fingerprint density at radius 3 is 1.14 bits per heavy atom. The predicted molar refractivity (Wildman–Crippen MR) is 396 cm³/mol. The van der Waals surface area contributed by atoms with Crippen molar-refractivity contribution in [3.05, 3.63) is 187 Å². The highest BCUT2D eigenvalue weighted by molar-refractivity contribution is 9.10. The lowest BCUT2D eigenvalue weighted by Gasteiger charge is -2.42. The fourth-order valence-corrected chi connectivity index (χ4v) is 14.9. The summed E-state index contributed by atoms with van der Waals surface area (Å²) in [6, 6.07) is 45.5. The van der Waals surface area contributed by atoms with E-state index in [1.165, 1.54) is 41.2 Å². The quantitative estimate of drug-likeness (QED) is 0.0900. The maximum Gasteiger partial charge on any atom is 0.410 e. The first-order valence-electron chi connectivity index (χ1n) is 34.2. The van der Waals surface area contributed by atoms with Gasteiger partial charge in [0.05, 0.1) is 25.0 Å². The topological polar surface area (TPSA) is 161 Å². The molecule has 0 radical (unpaired) electrons. The average Bonchev–Trinajstić information content (AvgIpc) is 0.819. The zero-order valence-corrected chi connectivity index (χ0v) is 61.1. The van der Waals surface area contributed by atoms with Gasteiger partial charge in [0.15, 0.2) is 17.3 Å². The van der Waals surface area contributed by atoms with Crippen molar-refractivity contribution in [3.8, 4) is 12.1 Å². The maximum atomic E-state index is 13.1. The van der Waals surface area contributed by atoms with Gasteiger partial charge in [0.2, 0.25) is 0 Å². The molecule has 0 spiro atoms. The summed E-state index contributed by atoms with van der Waals surface area (Å²) in [5.74, 6) is 1.17. The third kappa shape index (κ3) is 18.6. The number of benzene rings is 8. The van der Waals surface area contributed by atoms with Crippen molar-refractivity contribution in [3.63, 3.8) is 0 Å². The Bertz CT molecular complexity index is 4330. The average molecular weight is 1410 g/mol. The number of hydrogen-bond donors (Lipinski definition) is 0. The highest BCUT2D eigenvalue weighted by Crippen LogP contribution is 2.35. The van der Waals surface area contributed by atoms with E-state index < -0.39 is 11.2 Å². The summed E-state index contributed by atoms with van der Waals surface area (Å²) in [7, 11) is 0. The van der Waals surface area contributed by atoms with Gasteiger partial charge < -0.3 is 19.3 Å². The fourth-order valence-electron chi connectivity index (χ4n) is 13.8. The van der Waals surface area contributed by atoms with Crippen LogP contribution in [0.2, 0.25) is 0 Å². The Morgan fingerprint density at radius 2 is 0.794 bits per heavy atom. The van der Waals surface area contributed by atoms with Crippen LogP contribution in [0, 0.1) is 68.1 Å². The molecule has 4 fully saturated rings.